The molecule has 0 atom stereocenters. The van der Waals surface area contributed by atoms with E-state index >= 15 is 0 Å². The molecule has 0 aromatic carbocycles. The number of aromatic nitrogens is 3. The van der Waals surface area contributed by atoms with Gasteiger partial charge in [-0.15, -0.1) is 0 Å². The van der Waals surface area contributed by atoms with Gasteiger partial charge in [0.05, 0.1) is 4.47 Å². The van der Waals surface area contributed by atoms with Crippen LogP contribution in [0.4, 0.5) is 0 Å². The molecule has 0 spiro atoms. The maximum absolute atomic E-state index is 12.5. The van der Waals surface area contributed by atoms with Crippen molar-refractivity contribution >= 4 is 38.6 Å². The molecule has 0 amide bonds. The van der Waals surface area contributed by atoms with Gasteiger partial charge in [-0.1, -0.05) is 13.8 Å². The van der Waals surface area contributed by atoms with Gasteiger partial charge in [-0.05, 0) is 52.9 Å². The minimum atomic E-state index is -0.0616. The van der Waals surface area contributed by atoms with Crippen molar-refractivity contribution in [2.24, 2.45) is 0 Å². The number of fused-ring (bicyclic) bond motifs is 1. The number of hydrogen-bond acceptors (Lipinski definition) is 3. The van der Waals surface area contributed by atoms with Crippen molar-refractivity contribution in [2.75, 3.05) is 0 Å². The Morgan fingerprint density at radius 3 is 2.63 bits per heavy atom. The minimum Gasteiger partial charge on any atom is -0.288 e. The molecule has 0 N–H and O–H groups in total. The number of hydrogen-bond donors (Lipinski definition) is 0. The molecule has 2 rings (SSSR count). The summed E-state index contributed by atoms with van der Waals surface area (Å²) in [7, 11) is 0. The van der Waals surface area contributed by atoms with Crippen molar-refractivity contribution in [2.45, 2.75) is 39.7 Å². The summed E-state index contributed by atoms with van der Waals surface area (Å²) in [6.07, 6.45) is 3.40. The highest BCUT2D eigenvalue weighted by Crippen LogP contribution is 2.26. The molecule has 4 nitrogen and oxygen atoms in total. The lowest BCUT2D eigenvalue weighted by Crippen LogP contribution is -2.27. The van der Waals surface area contributed by atoms with Gasteiger partial charge in [0.2, 0.25) is 5.28 Å². The largest absolute Gasteiger partial charge is 0.288 e. The molecule has 6 heteroatoms. The van der Waals surface area contributed by atoms with E-state index in [1.807, 2.05) is 6.92 Å². The molecular formula is C13H15BrClN3O. The van der Waals surface area contributed by atoms with Crippen molar-refractivity contribution in [1.82, 2.24) is 14.5 Å². The van der Waals surface area contributed by atoms with Gasteiger partial charge in [0.25, 0.3) is 5.56 Å². The Balaban J connectivity index is 2.95. The second kappa shape index (κ2) is 5.59. The molecule has 0 aliphatic carbocycles. The van der Waals surface area contributed by atoms with Crippen molar-refractivity contribution in [3.63, 3.8) is 0 Å². The topological polar surface area (TPSA) is 47.8 Å². The summed E-state index contributed by atoms with van der Waals surface area (Å²) < 4.78 is 2.29. The standard InChI is InChI=1S/C13H15BrClN3O/c1-4-8(5-2)18-11-9(6-16-13(15)17-11)7(3)10(14)12(18)19/h6,8H,4-5H2,1-3H3. The fourth-order valence-electron chi connectivity index (χ4n) is 2.27. The maximum atomic E-state index is 12.5. The Morgan fingerprint density at radius 2 is 2.05 bits per heavy atom. The molecule has 0 saturated carbocycles. The number of rotatable bonds is 3. The second-order valence-corrected chi connectivity index (χ2v) is 5.59. The SMILES string of the molecule is CCC(CC)n1c(=O)c(Br)c(C)c2cnc(Cl)nc21. The van der Waals surface area contributed by atoms with Crippen LogP contribution in [0.1, 0.15) is 38.3 Å². The highest BCUT2D eigenvalue weighted by Gasteiger charge is 2.18. The highest BCUT2D eigenvalue weighted by atomic mass is 79.9. The normalized spacial score (nSPS) is 11.5. The molecule has 0 bridgehead atoms. The lowest BCUT2D eigenvalue weighted by molar-refractivity contribution is 0.468. The van der Waals surface area contributed by atoms with E-state index in [-0.39, 0.29) is 16.9 Å². The number of pyridine rings is 1. The Labute approximate surface area is 125 Å². The van der Waals surface area contributed by atoms with Crippen LogP contribution >= 0.6 is 27.5 Å². The van der Waals surface area contributed by atoms with Gasteiger partial charge in [0, 0.05) is 17.6 Å². The molecule has 2 heterocycles. The summed E-state index contributed by atoms with van der Waals surface area (Å²) in [5.41, 5.74) is 1.40. The predicted octanol–water partition coefficient (Wildman–Crippen LogP) is 3.88. The first-order valence-corrected chi connectivity index (χ1v) is 7.41. The summed E-state index contributed by atoms with van der Waals surface area (Å²) in [5, 5.41) is 1.01. The zero-order chi connectivity index (χ0) is 14.2. The van der Waals surface area contributed by atoms with E-state index in [1.54, 1.807) is 10.8 Å². The molecule has 0 fully saturated rings. The smallest absolute Gasteiger partial charge is 0.267 e. The van der Waals surface area contributed by atoms with E-state index in [9.17, 15) is 4.79 Å². The third-order valence-corrected chi connectivity index (χ3v) is 4.53. The predicted molar refractivity (Wildman–Crippen MR) is 80.9 cm³/mol. The van der Waals surface area contributed by atoms with Crippen LogP contribution in [-0.2, 0) is 0 Å². The Bertz CT molecular complexity index is 680. The van der Waals surface area contributed by atoms with Gasteiger partial charge in [0.1, 0.15) is 5.65 Å². The van der Waals surface area contributed by atoms with Gasteiger partial charge in [-0.25, -0.2) is 4.98 Å². The van der Waals surface area contributed by atoms with Crippen molar-refractivity contribution in [1.29, 1.82) is 0 Å². The first-order chi connectivity index (χ1) is 9.01. The fourth-order valence-corrected chi connectivity index (χ4v) is 2.81. The number of aryl methyl sites for hydroxylation is 1. The quantitative estimate of drug-likeness (QED) is 0.794. The van der Waals surface area contributed by atoms with E-state index in [4.69, 9.17) is 11.6 Å². The van der Waals surface area contributed by atoms with Gasteiger partial charge in [-0.2, -0.15) is 4.98 Å². The minimum absolute atomic E-state index is 0.0616. The van der Waals surface area contributed by atoms with Gasteiger partial charge in [-0.3, -0.25) is 9.36 Å². The fraction of sp³-hybridized carbons (Fsp3) is 0.462. The average molecular weight is 345 g/mol. The van der Waals surface area contributed by atoms with Gasteiger partial charge < -0.3 is 0 Å². The van der Waals surface area contributed by atoms with Crippen LogP contribution in [0, 0.1) is 6.92 Å². The second-order valence-electron chi connectivity index (χ2n) is 4.46. The van der Waals surface area contributed by atoms with Crippen LogP contribution in [0.3, 0.4) is 0 Å². The van der Waals surface area contributed by atoms with Gasteiger partial charge in [0.15, 0.2) is 0 Å². The summed E-state index contributed by atoms with van der Waals surface area (Å²) in [5.74, 6) is 0. The Morgan fingerprint density at radius 1 is 1.42 bits per heavy atom. The number of nitrogens with zero attached hydrogens (tertiary/aromatic N) is 3. The first-order valence-electron chi connectivity index (χ1n) is 6.24. The lowest BCUT2D eigenvalue weighted by atomic mass is 10.1. The van der Waals surface area contributed by atoms with Crippen LogP contribution in [0.15, 0.2) is 15.5 Å². The Kier molecular flexibility index (Phi) is 4.26. The van der Waals surface area contributed by atoms with Crippen molar-refractivity contribution in [3.8, 4) is 0 Å². The third-order valence-electron chi connectivity index (χ3n) is 3.41. The van der Waals surface area contributed by atoms with Crippen molar-refractivity contribution in [3.05, 3.63) is 31.9 Å². The first kappa shape index (κ1) is 14.5. The Hall–Kier alpha value is -0.940. The van der Waals surface area contributed by atoms with E-state index in [1.165, 1.54) is 0 Å². The third kappa shape index (κ3) is 2.41. The molecule has 0 aliphatic heterocycles. The molecule has 0 aliphatic rings. The molecule has 19 heavy (non-hydrogen) atoms. The summed E-state index contributed by atoms with van der Waals surface area (Å²) in [6, 6.07) is 0.109. The molecule has 0 unspecified atom stereocenters. The van der Waals surface area contributed by atoms with Crippen LogP contribution in [-0.4, -0.2) is 14.5 Å². The molecule has 2 aromatic heterocycles. The van der Waals surface area contributed by atoms with E-state index < -0.39 is 0 Å². The zero-order valence-corrected chi connectivity index (χ0v) is 13.4. The van der Waals surface area contributed by atoms with E-state index in [0.717, 1.165) is 23.8 Å². The van der Waals surface area contributed by atoms with E-state index in [2.05, 4.69) is 39.7 Å². The number of halogens is 2. The van der Waals surface area contributed by atoms with E-state index in [0.29, 0.717) is 10.1 Å². The molecule has 2 aromatic rings. The molecule has 102 valence electrons. The average Bonchev–Trinajstić information content (AvgIpc) is 2.41. The maximum Gasteiger partial charge on any atom is 0.267 e. The monoisotopic (exact) mass is 343 g/mol. The highest BCUT2D eigenvalue weighted by molar-refractivity contribution is 9.10. The molecule has 0 saturated heterocycles. The van der Waals surface area contributed by atoms with Crippen LogP contribution in [0.2, 0.25) is 5.28 Å². The molecule has 0 radical (unpaired) electrons. The summed E-state index contributed by atoms with van der Waals surface area (Å²) in [4.78, 5) is 20.7. The van der Waals surface area contributed by atoms with Crippen LogP contribution in [0.25, 0.3) is 11.0 Å². The van der Waals surface area contributed by atoms with Crippen molar-refractivity contribution < 1.29 is 0 Å². The summed E-state index contributed by atoms with van der Waals surface area (Å²) >= 11 is 9.25. The summed E-state index contributed by atoms with van der Waals surface area (Å²) in [6.45, 7) is 5.99. The van der Waals surface area contributed by atoms with Crippen LogP contribution in [0.5, 0.6) is 0 Å². The lowest BCUT2D eigenvalue weighted by Gasteiger charge is -2.20. The molecular weight excluding hydrogens is 330 g/mol. The zero-order valence-electron chi connectivity index (χ0n) is 11.1. The van der Waals surface area contributed by atoms with Crippen LogP contribution < -0.4 is 5.56 Å². The van der Waals surface area contributed by atoms with Gasteiger partial charge >= 0.3 is 0 Å².